The first kappa shape index (κ1) is 21.4. The van der Waals surface area contributed by atoms with Gasteiger partial charge < -0.3 is 20.1 Å². The molecule has 0 radical (unpaired) electrons. The van der Waals surface area contributed by atoms with Crippen LogP contribution in [-0.4, -0.2) is 55.8 Å². The largest absolute Gasteiger partial charge is 0.393 e. The Balaban J connectivity index is 1.41. The molecule has 3 aromatic rings. The Kier molecular flexibility index (Phi) is 5.78. The standard InChI is InChI=1S/C20H20ClF2N5O3/c21-12-1-2-14-15(8-12)26-18(25-14)27-19(31)28-5-3-20(23,4-6-28)17-13(22)7-11(9-24-17)16(30)10-29/h1-2,7-9,16,29-30H,3-6,10H2,(H2,25,26,27,31)/t16-/m0/s1. The molecule has 4 rings (SSSR count). The summed E-state index contributed by atoms with van der Waals surface area (Å²) in [5, 5.41) is 21.7. The molecule has 1 atom stereocenters. The predicted octanol–water partition coefficient (Wildman–Crippen LogP) is 3.27. The summed E-state index contributed by atoms with van der Waals surface area (Å²) in [5.41, 5.74) is -1.04. The summed E-state index contributed by atoms with van der Waals surface area (Å²) in [6.45, 7) is -0.489. The molecule has 2 amide bonds. The van der Waals surface area contributed by atoms with Gasteiger partial charge >= 0.3 is 6.03 Å². The maximum atomic E-state index is 15.4. The number of likely N-dealkylation sites (tertiary alicyclic amines) is 1. The molecule has 3 heterocycles. The second kappa shape index (κ2) is 8.37. The number of benzene rings is 1. The van der Waals surface area contributed by atoms with Gasteiger partial charge in [0.15, 0.2) is 5.67 Å². The third-order valence-corrected chi connectivity index (χ3v) is 5.59. The van der Waals surface area contributed by atoms with Crippen molar-refractivity contribution in [3.63, 3.8) is 0 Å². The number of aliphatic hydroxyl groups excluding tert-OH is 2. The van der Waals surface area contributed by atoms with Crippen molar-refractivity contribution in [2.75, 3.05) is 25.0 Å². The number of pyridine rings is 1. The summed E-state index contributed by atoms with van der Waals surface area (Å²) in [5.74, 6) is -0.656. The second-order valence-corrected chi connectivity index (χ2v) is 7.86. The Labute approximate surface area is 180 Å². The number of alkyl halides is 1. The van der Waals surface area contributed by atoms with Crippen molar-refractivity contribution in [2.24, 2.45) is 0 Å². The number of carbonyl (C=O) groups is 1. The van der Waals surface area contributed by atoms with E-state index in [2.05, 4.69) is 20.3 Å². The minimum Gasteiger partial charge on any atom is -0.393 e. The number of aromatic nitrogens is 3. The quantitative estimate of drug-likeness (QED) is 0.486. The number of urea groups is 1. The van der Waals surface area contributed by atoms with Crippen LogP contribution >= 0.6 is 11.6 Å². The van der Waals surface area contributed by atoms with Crippen LogP contribution in [0.4, 0.5) is 19.5 Å². The van der Waals surface area contributed by atoms with Crippen molar-refractivity contribution in [2.45, 2.75) is 24.6 Å². The van der Waals surface area contributed by atoms with Crippen LogP contribution in [-0.2, 0) is 5.67 Å². The number of nitrogens with one attached hydrogen (secondary N) is 2. The number of imidazole rings is 1. The molecule has 11 heteroatoms. The van der Waals surface area contributed by atoms with Crippen LogP contribution in [0.3, 0.4) is 0 Å². The number of halogens is 3. The lowest BCUT2D eigenvalue weighted by Gasteiger charge is -2.36. The van der Waals surface area contributed by atoms with E-state index in [1.165, 1.54) is 4.90 Å². The molecule has 1 fully saturated rings. The van der Waals surface area contributed by atoms with Gasteiger partial charge in [0.25, 0.3) is 0 Å². The first-order valence-corrected chi connectivity index (χ1v) is 10.0. The predicted molar refractivity (Wildman–Crippen MR) is 110 cm³/mol. The van der Waals surface area contributed by atoms with Crippen LogP contribution in [0.5, 0.6) is 0 Å². The van der Waals surface area contributed by atoms with Crippen molar-refractivity contribution in [3.8, 4) is 0 Å². The number of H-pyrrole nitrogens is 1. The number of fused-ring (bicyclic) bond motifs is 1. The lowest BCUT2D eigenvalue weighted by Crippen LogP contribution is -2.45. The number of carbonyl (C=O) groups excluding carboxylic acids is 1. The van der Waals surface area contributed by atoms with Crippen molar-refractivity contribution < 1.29 is 23.8 Å². The van der Waals surface area contributed by atoms with Crippen LogP contribution < -0.4 is 5.32 Å². The monoisotopic (exact) mass is 451 g/mol. The van der Waals surface area contributed by atoms with Gasteiger partial charge in [0.2, 0.25) is 5.95 Å². The van der Waals surface area contributed by atoms with Gasteiger partial charge in [-0.15, -0.1) is 0 Å². The molecule has 1 saturated heterocycles. The molecule has 4 N–H and O–H groups in total. The fraction of sp³-hybridized carbons (Fsp3) is 0.350. The Morgan fingerprint density at radius 2 is 2.10 bits per heavy atom. The van der Waals surface area contributed by atoms with Gasteiger partial charge in [-0.25, -0.2) is 18.6 Å². The number of amides is 2. The van der Waals surface area contributed by atoms with Gasteiger partial charge in [-0.1, -0.05) is 11.6 Å². The number of aliphatic hydroxyl groups is 2. The van der Waals surface area contributed by atoms with Gasteiger partial charge in [0, 0.05) is 42.7 Å². The molecule has 8 nitrogen and oxygen atoms in total. The lowest BCUT2D eigenvalue weighted by atomic mass is 9.89. The third kappa shape index (κ3) is 4.32. The Morgan fingerprint density at radius 1 is 1.35 bits per heavy atom. The number of aromatic amines is 1. The number of anilines is 1. The average Bonchev–Trinajstić information content (AvgIpc) is 3.14. The number of hydrogen-bond donors (Lipinski definition) is 4. The molecule has 0 aliphatic carbocycles. The highest BCUT2D eigenvalue weighted by Gasteiger charge is 2.41. The summed E-state index contributed by atoms with van der Waals surface area (Å²) in [6.07, 6.45) is -0.413. The minimum absolute atomic E-state index is 0.0521. The maximum Gasteiger partial charge on any atom is 0.324 e. The van der Waals surface area contributed by atoms with E-state index in [0.29, 0.717) is 16.1 Å². The SMILES string of the molecule is O=C(Nc1nc2ccc(Cl)cc2[nH]1)N1CCC(F)(c2ncc([C@@H](O)CO)cc2F)CC1. The Hall–Kier alpha value is -2.82. The van der Waals surface area contributed by atoms with E-state index in [9.17, 15) is 14.3 Å². The number of rotatable bonds is 4. The molecule has 1 aliphatic rings. The van der Waals surface area contributed by atoms with E-state index in [1.54, 1.807) is 18.2 Å². The molecule has 0 spiro atoms. The number of hydrogen-bond acceptors (Lipinski definition) is 5. The molecule has 0 bridgehead atoms. The Bertz CT molecular complexity index is 1120. The van der Waals surface area contributed by atoms with E-state index in [4.69, 9.17) is 16.7 Å². The van der Waals surface area contributed by atoms with Crippen molar-refractivity contribution in [3.05, 3.63) is 52.6 Å². The highest BCUT2D eigenvalue weighted by molar-refractivity contribution is 6.31. The van der Waals surface area contributed by atoms with E-state index < -0.39 is 30.2 Å². The molecule has 164 valence electrons. The van der Waals surface area contributed by atoms with E-state index in [1.807, 2.05) is 0 Å². The zero-order valence-corrected chi connectivity index (χ0v) is 17.0. The summed E-state index contributed by atoms with van der Waals surface area (Å²) in [4.78, 5) is 25.0. The molecule has 0 unspecified atom stereocenters. The molecule has 2 aromatic heterocycles. The fourth-order valence-electron chi connectivity index (χ4n) is 3.59. The molecule has 1 aromatic carbocycles. The highest BCUT2D eigenvalue weighted by atomic mass is 35.5. The third-order valence-electron chi connectivity index (χ3n) is 5.36. The Morgan fingerprint density at radius 3 is 2.77 bits per heavy atom. The first-order valence-electron chi connectivity index (χ1n) is 9.64. The van der Waals surface area contributed by atoms with Crippen LogP contribution in [0.2, 0.25) is 5.02 Å². The molecule has 1 aliphatic heterocycles. The summed E-state index contributed by atoms with van der Waals surface area (Å²) >= 11 is 5.94. The highest BCUT2D eigenvalue weighted by Crippen LogP contribution is 2.37. The zero-order valence-electron chi connectivity index (χ0n) is 16.3. The van der Waals surface area contributed by atoms with E-state index in [-0.39, 0.29) is 43.1 Å². The summed E-state index contributed by atoms with van der Waals surface area (Å²) < 4.78 is 29.9. The van der Waals surface area contributed by atoms with E-state index in [0.717, 1.165) is 12.3 Å². The molecule has 0 saturated carbocycles. The van der Waals surface area contributed by atoms with Crippen molar-refractivity contribution in [1.82, 2.24) is 19.9 Å². The van der Waals surface area contributed by atoms with Crippen LogP contribution in [0, 0.1) is 5.82 Å². The van der Waals surface area contributed by atoms with E-state index >= 15 is 4.39 Å². The lowest BCUT2D eigenvalue weighted by molar-refractivity contribution is 0.0639. The summed E-state index contributed by atoms with van der Waals surface area (Å²) in [7, 11) is 0. The van der Waals surface area contributed by atoms with Crippen LogP contribution in [0.25, 0.3) is 11.0 Å². The van der Waals surface area contributed by atoms with Crippen molar-refractivity contribution >= 4 is 34.6 Å². The van der Waals surface area contributed by atoms with Crippen LogP contribution in [0.15, 0.2) is 30.5 Å². The number of piperidine rings is 1. The average molecular weight is 452 g/mol. The molecular weight excluding hydrogens is 432 g/mol. The van der Waals surface area contributed by atoms with Gasteiger partial charge in [-0.3, -0.25) is 10.3 Å². The normalized spacial score (nSPS) is 17.0. The summed E-state index contributed by atoms with van der Waals surface area (Å²) in [6, 6.07) is 5.60. The minimum atomic E-state index is -2.04. The first-order chi connectivity index (χ1) is 14.8. The second-order valence-electron chi connectivity index (χ2n) is 7.43. The maximum absolute atomic E-state index is 15.4. The van der Waals surface area contributed by atoms with Crippen molar-refractivity contribution in [1.29, 1.82) is 0 Å². The van der Waals surface area contributed by atoms with Gasteiger partial charge in [-0.05, 0) is 24.3 Å². The molecule has 31 heavy (non-hydrogen) atoms. The van der Waals surface area contributed by atoms with Gasteiger partial charge in [-0.2, -0.15) is 0 Å². The number of nitrogens with zero attached hydrogens (tertiary/aromatic N) is 3. The molecular formula is C20H20ClF2N5O3. The zero-order chi connectivity index (χ0) is 22.2. The van der Waals surface area contributed by atoms with Gasteiger partial charge in [0.1, 0.15) is 17.6 Å². The topological polar surface area (TPSA) is 114 Å². The fourth-order valence-corrected chi connectivity index (χ4v) is 3.76. The van der Waals surface area contributed by atoms with Gasteiger partial charge in [0.05, 0.1) is 17.6 Å². The van der Waals surface area contributed by atoms with Crippen LogP contribution in [0.1, 0.15) is 30.2 Å². The smallest absolute Gasteiger partial charge is 0.324 e.